The molecule has 0 aliphatic rings. The Morgan fingerprint density at radius 2 is 1.71 bits per heavy atom. The predicted molar refractivity (Wildman–Crippen MR) is 134 cm³/mol. The number of esters is 1. The Morgan fingerprint density at radius 3 is 2.50 bits per heavy atom. The first-order valence-corrected chi connectivity index (χ1v) is 10.8. The summed E-state index contributed by atoms with van der Waals surface area (Å²) in [7, 11) is 0. The van der Waals surface area contributed by atoms with E-state index in [0.717, 1.165) is 16.3 Å². The van der Waals surface area contributed by atoms with E-state index in [-0.39, 0.29) is 5.57 Å². The van der Waals surface area contributed by atoms with Crippen molar-refractivity contribution in [3.05, 3.63) is 112 Å². The van der Waals surface area contributed by atoms with Crippen LogP contribution in [0.5, 0.6) is 5.75 Å². The molecule has 1 N–H and O–H groups in total. The Morgan fingerprint density at radius 1 is 0.971 bits per heavy atom. The zero-order valence-electron chi connectivity index (χ0n) is 18.2. The largest absolute Gasteiger partial charge is 0.423 e. The summed E-state index contributed by atoms with van der Waals surface area (Å²) in [6, 6.07) is 26.8. The minimum atomic E-state index is -0.586. The van der Waals surface area contributed by atoms with Crippen LogP contribution in [-0.2, 0) is 4.79 Å². The molecule has 0 spiro atoms. The Bertz CT molecular complexity index is 1460. The second-order valence-electron chi connectivity index (χ2n) is 7.54. The van der Waals surface area contributed by atoms with Gasteiger partial charge in [-0.3, -0.25) is 4.79 Å². The zero-order chi connectivity index (χ0) is 24.1. The lowest BCUT2D eigenvalue weighted by Gasteiger charge is -2.10. The summed E-state index contributed by atoms with van der Waals surface area (Å²) in [5.41, 5.74) is 2.10. The quantitative estimate of drug-likeness (QED) is 0.156. The van der Waals surface area contributed by atoms with Gasteiger partial charge in [0.2, 0.25) is 0 Å². The number of nitrogens with zero attached hydrogens (tertiary/aromatic N) is 1. The molecule has 34 heavy (non-hydrogen) atoms. The Hall–Kier alpha value is -4.40. The summed E-state index contributed by atoms with van der Waals surface area (Å²) in [5.74, 6) is -0.784. The highest BCUT2D eigenvalue weighted by Gasteiger charge is 2.15. The van der Waals surface area contributed by atoms with E-state index in [0.29, 0.717) is 27.6 Å². The highest BCUT2D eigenvalue weighted by Crippen LogP contribution is 2.26. The topological polar surface area (TPSA) is 79.2 Å². The molecule has 0 bridgehead atoms. The van der Waals surface area contributed by atoms with Crippen LogP contribution in [0.3, 0.4) is 0 Å². The van der Waals surface area contributed by atoms with Crippen LogP contribution in [0.2, 0.25) is 5.02 Å². The number of nitriles is 1. The third-order valence-electron chi connectivity index (χ3n) is 5.21. The number of carbonyl (C=O) groups is 2. The molecule has 4 aromatic rings. The summed E-state index contributed by atoms with van der Waals surface area (Å²) in [4.78, 5) is 25.5. The van der Waals surface area contributed by atoms with Crippen LogP contribution in [0.25, 0.3) is 16.8 Å². The Balaban J connectivity index is 1.56. The fourth-order valence-electron chi connectivity index (χ4n) is 3.52. The summed E-state index contributed by atoms with van der Waals surface area (Å²) in [6.07, 6.45) is 1.43. The molecular weight excluding hydrogens is 448 g/mol. The molecule has 0 saturated heterocycles. The number of benzene rings is 4. The van der Waals surface area contributed by atoms with Crippen molar-refractivity contribution >= 4 is 46.0 Å². The van der Waals surface area contributed by atoms with Crippen molar-refractivity contribution in [2.24, 2.45) is 0 Å². The number of carbonyl (C=O) groups excluding carboxylic acids is 2. The van der Waals surface area contributed by atoms with E-state index < -0.39 is 11.9 Å². The van der Waals surface area contributed by atoms with Gasteiger partial charge in [-0.25, -0.2) is 4.79 Å². The normalized spacial score (nSPS) is 11.0. The second kappa shape index (κ2) is 10.0. The average molecular weight is 467 g/mol. The van der Waals surface area contributed by atoms with E-state index in [9.17, 15) is 14.9 Å². The number of ether oxygens (including phenoxy) is 1. The first-order valence-electron chi connectivity index (χ1n) is 10.4. The molecule has 0 atom stereocenters. The van der Waals surface area contributed by atoms with Gasteiger partial charge in [0.15, 0.2) is 0 Å². The first kappa shape index (κ1) is 22.8. The number of rotatable bonds is 5. The molecule has 0 radical (unpaired) electrons. The average Bonchev–Trinajstić information content (AvgIpc) is 2.84. The van der Waals surface area contributed by atoms with E-state index >= 15 is 0 Å². The third-order valence-corrected chi connectivity index (χ3v) is 5.53. The van der Waals surface area contributed by atoms with Crippen molar-refractivity contribution < 1.29 is 14.3 Å². The van der Waals surface area contributed by atoms with Crippen molar-refractivity contribution in [3.63, 3.8) is 0 Å². The van der Waals surface area contributed by atoms with E-state index in [4.69, 9.17) is 16.3 Å². The van der Waals surface area contributed by atoms with Gasteiger partial charge in [0.05, 0.1) is 16.3 Å². The van der Waals surface area contributed by atoms with Gasteiger partial charge in [0, 0.05) is 0 Å². The van der Waals surface area contributed by atoms with Gasteiger partial charge >= 0.3 is 5.97 Å². The lowest BCUT2D eigenvalue weighted by Crippen LogP contribution is -2.14. The fourth-order valence-corrected chi connectivity index (χ4v) is 3.79. The molecule has 4 rings (SSSR count). The van der Waals surface area contributed by atoms with Crippen LogP contribution >= 0.6 is 11.6 Å². The molecule has 0 saturated carbocycles. The van der Waals surface area contributed by atoms with Gasteiger partial charge < -0.3 is 10.1 Å². The Labute approximate surface area is 201 Å². The smallest absolute Gasteiger partial charge is 0.344 e. The monoisotopic (exact) mass is 466 g/mol. The molecule has 4 aromatic carbocycles. The molecule has 166 valence electrons. The number of halogens is 1. The van der Waals surface area contributed by atoms with E-state index in [1.54, 1.807) is 48.5 Å². The van der Waals surface area contributed by atoms with Gasteiger partial charge in [-0.15, -0.1) is 0 Å². The zero-order valence-corrected chi connectivity index (χ0v) is 19.0. The summed E-state index contributed by atoms with van der Waals surface area (Å²) in [6.45, 7) is 1.81. The third kappa shape index (κ3) is 4.98. The molecular formula is C28H19ClN2O3. The summed E-state index contributed by atoms with van der Waals surface area (Å²) in [5, 5.41) is 14.3. The molecule has 0 aliphatic carbocycles. The highest BCUT2D eigenvalue weighted by atomic mass is 35.5. The standard InChI is InChI=1S/C28H19ClN2O3/c1-18-7-4-14-25(29)26(18)31-27(32)21(17-30)15-19-8-5-11-22(16-19)34-28(33)24-13-6-10-20-9-2-3-12-23(20)24/h2-16H,1H3,(H,31,32)/b21-15+. The predicted octanol–water partition coefficient (Wildman–Crippen LogP) is 6.57. The van der Waals surface area contributed by atoms with Crippen molar-refractivity contribution in [2.45, 2.75) is 6.92 Å². The molecule has 0 aromatic heterocycles. The first-order chi connectivity index (χ1) is 16.5. The SMILES string of the molecule is Cc1cccc(Cl)c1NC(=O)/C(C#N)=C/c1cccc(OC(=O)c2cccc3ccccc23)c1. The number of hydrogen-bond acceptors (Lipinski definition) is 4. The minimum Gasteiger partial charge on any atom is -0.423 e. The van der Waals surface area contributed by atoms with Crippen molar-refractivity contribution in [1.29, 1.82) is 5.26 Å². The van der Waals surface area contributed by atoms with Gasteiger partial charge in [0.1, 0.15) is 17.4 Å². The second-order valence-corrected chi connectivity index (χ2v) is 7.95. The van der Waals surface area contributed by atoms with Crippen molar-refractivity contribution in [2.75, 3.05) is 5.32 Å². The Kier molecular flexibility index (Phi) is 6.72. The molecule has 1 amide bonds. The van der Waals surface area contributed by atoms with Crippen LogP contribution < -0.4 is 10.1 Å². The van der Waals surface area contributed by atoms with E-state index in [2.05, 4.69) is 5.32 Å². The molecule has 5 nitrogen and oxygen atoms in total. The van der Waals surface area contributed by atoms with Gasteiger partial charge in [-0.1, -0.05) is 72.3 Å². The van der Waals surface area contributed by atoms with Crippen molar-refractivity contribution in [3.8, 4) is 11.8 Å². The molecule has 0 heterocycles. The van der Waals surface area contributed by atoms with Crippen LogP contribution in [0, 0.1) is 18.3 Å². The number of hydrogen-bond donors (Lipinski definition) is 1. The fraction of sp³-hybridized carbons (Fsp3) is 0.0357. The number of para-hydroxylation sites is 1. The van der Waals surface area contributed by atoms with Crippen LogP contribution in [0.1, 0.15) is 21.5 Å². The summed E-state index contributed by atoms with van der Waals surface area (Å²) >= 11 is 6.17. The van der Waals surface area contributed by atoms with Gasteiger partial charge in [-0.2, -0.15) is 5.26 Å². The minimum absolute atomic E-state index is 0.114. The van der Waals surface area contributed by atoms with Crippen LogP contribution in [0.4, 0.5) is 5.69 Å². The number of fused-ring (bicyclic) bond motifs is 1. The van der Waals surface area contributed by atoms with E-state index in [1.807, 2.05) is 49.4 Å². The molecule has 6 heteroatoms. The van der Waals surface area contributed by atoms with Crippen LogP contribution in [0.15, 0.2) is 90.5 Å². The number of anilines is 1. The number of aryl methyl sites for hydroxylation is 1. The number of amides is 1. The maximum Gasteiger partial charge on any atom is 0.344 e. The van der Waals surface area contributed by atoms with Gasteiger partial charge in [-0.05, 0) is 59.2 Å². The van der Waals surface area contributed by atoms with Crippen molar-refractivity contribution in [1.82, 2.24) is 0 Å². The number of nitrogens with one attached hydrogen (secondary N) is 1. The molecule has 0 unspecified atom stereocenters. The molecule has 0 aliphatic heterocycles. The van der Waals surface area contributed by atoms with Crippen LogP contribution in [-0.4, -0.2) is 11.9 Å². The maximum absolute atomic E-state index is 12.8. The lowest BCUT2D eigenvalue weighted by molar-refractivity contribution is -0.112. The highest BCUT2D eigenvalue weighted by molar-refractivity contribution is 6.34. The lowest BCUT2D eigenvalue weighted by atomic mass is 10.0. The summed E-state index contributed by atoms with van der Waals surface area (Å²) < 4.78 is 5.58. The van der Waals surface area contributed by atoms with E-state index in [1.165, 1.54) is 6.08 Å². The van der Waals surface area contributed by atoms with Gasteiger partial charge in [0.25, 0.3) is 5.91 Å². The maximum atomic E-state index is 12.8. The molecule has 0 fully saturated rings.